The molecule has 0 radical (unpaired) electrons. The molecule has 0 bridgehead atoms. The van der Waals surface area contributed by atoms with E-state index in [9.17, 15) is 4.39 Å². The zero-order valence-corrected chi connectivity index (χ0v) is 16.0. The monoisotopic (exact) mass is 380 g/mol. The van der Waals surface area contributed by atoms with Gasteiger partial charge in [-0.25, -0.2) is 14.4 Å². The number of piperidine rings is 1. The van der Waals surface area contributed by atoms with Crippen molar-refractivity contribution >= 4 is 11.8 Å². The Bertz CT molecular complexity index is 838. The first-order valence-corrected chi connectivity index (χ1v) is 9.59. The van der Waals surface area contributed by atoms with Crippen LogP contribution in [-0.4, -0.2) is 36.6 Å². The Morgan fingerprint density at radius 1 is 1.32 bits per heavy atom. The summed E-state index contributed by atoms with van der Waals surface area (Å²) in [6.07, 6.45) is 3.77. The minimum atomic E-state index is -0.401. The van der Waals surface area contributed by atoms with Gasteiger partial charge in [0.25, 0.3) is 0 Å². The summed E-state index contributed by atoms with van der Waals surface area (Å²) in [6.45, 7) is 4.81. The Morgan fingerprint density at radius 3 is 2.79 bits per heavy atom. The second-order valence-corrected chi connectivity index (χ2v) is 6.71. The number of pyridine rings is 1. The Kier molecular flexibility index (Phi) is 6.79. The van der Waals surface area contributed by atoms with Crippen LogP contribution in [0.5, 0.6) is 0 Å². The van der Waals surface area contributed by atoms with Crippen molar-refractivity contribution in [3.8, 4) is 6.07 Å². The molecule has 0 saturated carbocycles. The van der Waals surface area contributed by atoms with Gasteiger partial charge in [-0.2, -0.15) is 5.26 Å². The number of rotatable bonds is 5. The molecular formula is C21H25FN6. The Balaban J connectivity index is 1.57. The first-order valence-electron chi connectivity index (χ1n) is 9.59. The van der Waals surface area contributed by atoms with Gasteiger partial charge in [0.1, 0.15) is 11.6 Å². The number of nitrogens with zero attached hydrogens (tertiary/aromatic N) is 4. The molecule has 0 amide bonds. The summed E-state index contributed by atoms with van der Waals surface area (Å²) in [5, 5.41) is 15.5. The summed E-state index contributed by atoms with van der Waals surface area (Å²) in [4.78, 5) is 11.2. The van der Waals surface area contributed by atoms with E-state index < -0.39 is 5.82 Å². The third kappa shape index (κ3) is 5.19. The van der Waals surface area contributed by atoms with E-state index in [4.69, 9.17) is 5.26 Å². The zero-order chi connectivity index (χ0) is 19.8. The molecule has 7 heteroatoms. The first kappa shape index (κ1) is 19.6. The number of aliphatic imine (C=N–C) groups is 1. The van der Waals surface area contributed by atoms with Gasteiger partial charge in [0.2, 0.25) is 0 Å². The number of hydrogen-bond acceptors (Lipinski definition) is 4. The van der Waals surface area contributed by atoms with Crippen LogP contribution in [0.25, 0.3) is 0 Å². The predicted octanol–water partition coefficient (Wildman–Crippen LogP) is 2.82. The highest BCUT2D eigenvalue weighted by atomic mass is 19.1. The van der Waals surface area contributed by atoms with E-state index in [0.29, 0.717) is 23.1 Å². The van der Waals surface area contributed by atoms with Crippen LogP contribution in [0.15, 0.2) is 47.6 Å². The van der Waals surface area contributed by atoms with Crippen molar-refractivity contribution in [3.63, 3.8) is 0 Å². The van der Waals surface area contributed by atoms with Crippen molar-refractivity contribution in [2.24, 2.45) is 4.99 Å². The molecule has 0 atom stereocenters. The van der Waals surface area contributed by atoms with Crippen LogP contribution in [0, 0.1) is 17.1 Å². The van der Waals surface area contributed by atoms with Crippen LogP contribution in [0.3, 0.4) is 0 Å². The molecule has 28 heavy (non-hydrogen) atoms. The third-order valence-corrected chi connectivity index (χ3v) is 4.74. The van der Waals surface area contributed by atoms with Crippen molar-refractivity contribution in [1.29, 1.82) is 5.26 Å². The molecule has 146 valence electrons. The summed E-state index contributed by atoms with van der Waals surface area (Å²) >= 11 is 0. The van der Waals surface area contributed by atoms with Gasteiger partial charge < -0.3 is 15.5 Å². The van der Waals surface area contributed by atoms with E-state index in [2.05, 4.69) is 25.5 Å². The molecule has 6 nitrogen and oxygen atoms in total. The molecule has 1 saturated heterocycles. The molecule has 0 spiro atoms. The van der Waals surface area contributed by atoms with Gasteiger partial charge in [-0.3, -0.25) is 0 Å². The lowest BCUT2D eigenvalue weighted by Crippen LogP contribution is -2.48. The van der Waals surface area contributed by atoms with Crippen LogP contribution in [0.1, 0.15) is 30.9 Å². The minimum absolute atomic E-state index is 0.222. The van der Waals surface area contributed by atoms with E-state index in [1.54, 1.807) is 12.1 Å². The van der Waals surface area contributed by atoms with Crippen LogP contribution in [0.4, 0.5) is 10.2 Å². The number of aromatic nitrogens is 1. The van der Waals surface area contributed by atoms with Crippen molar-refractivity contribution in [2.75, 3.05) is 24.5 Å². The highest BCUT2D eigenvalue weighted by Gasteiger charge is 2.20. The van der Waals surface area contributed by atoms with E-state index in [-0.39, 0.29) is 6.54 Å². The topological polar surface area (TPSA) is 76.3 Å². The molecule has 0 unspecified atom stereocenters. The summed E-state index contributed by atoms with van der Waals surface area (Å²) in [7, 11) is 0. The molecule has 1 aliphatic heterocycles. The van der Waals surface area contributed by atoms with Gasteiger partial charge in [-0.15, -0.1) is 0 Å². The summed E-state index contributed by atoms with van der Waals surface area (Å²) in [5.41, 5.74) is 0.788. The normalized spacial score (nSPS) is 15.2. The standard InChI is InChI=1S/C21H25FN6/c1-2-24-21(26-15-17-7-6-16(14-23)13-19(17)22)27-18-8-11-28(12-9-18)20-5-3-4-10-25-20/h3-7,10,13,18H,2,8-9,11-12,15H2,1H3,(H2,24,26,27). The van der Waals surface area contributed by atoms with E-state index in [1.165, 1.54) is 6.07 Å². The quantitative estimate of drug-likeness (QED) is 0.616. The van der Waals surface area contributed by atoms with E-state index >= 15 is 0 Å². The maximum atomic E-state index is 14.1. The number of guanidine groups is 1. The van der Waals surface area contributed by atoms with Gasteiger partial charge in [0.05, 0.1) is 18.2 Å². The second-order valence-electron chi connectivity index (χ2n) is 6.71. The Hall–Kier alpha value is -3.14. The van der Waals surface area contributed by atoms with Crippen LogP contribution in [-0.2, 0) is 6.54 Å². The lowest BCUT2D eigenvalue weighted by molar-refractivity contribution is 0.459. The zero-order valence-electron chi connectivity index (χ0n) is 16.0. The molecule has 2 aromatic rings. The average molecular weight is 380 g/mol. The van der Waals surface area contributed by atoms with Gasteiger partial charge in [-0.1, -0.05) is 12.1 Å². The number of hydrogen-bond donors (Lipinski definition) is 2. The fourth-order valence-electron chi connectivity index (χ4n) is 3.22. The molecule has 1 aromatic carbocycles. The van der Waals surface area contributed by atoms with Crippen LogP contribution < -0.4 is 15.5 Å². The van der Waals surface area contributed by atoms with E-state index in [1.807, 2.05) is 37.4 Å². The molecule has 2 N–H and O–H groups in total. The number of nitrogens with one attached hydrogen (secondary N) is 2. The molecular weight excluding hydrogens is 355 g/mol. The molecule has 3 rings (SSSR count). The van der Waals surface area contributed by atoms with Crippen molar-refractivity contribution in [3.05, 3.63) is 59.5 Å². The number of benzene rings is 1. The number of halogens is 1. The van der Waals surface area contributed by atoms with E-state index in [0.717, 1.165) is 38.3 Å². The van der Waals surface area contributed by atoms with Crippen molar-refractivity contribution < 1.29 is 4.39 Å². The molecule has 1 aliphatic rings. The largest absolute Gasteiger partial charge is 0.357 e. The van der Waals surface area contributed by atoms with Gasteiger partial charge in [0, 0.05) is 37.4 Å². The minimum Gasteiger partial charge on any atom is -0.357 e. The lowest BCUT2D eigenvalue weighted by Gasteiger charge is -2.33. The summed E-state index contributed by atoms with van der Waals surface area (Å²) in [6, 6.07) is 12.7. The lowest BCUT2D eigenvalue weighted by atomic mass is 10.1. The summed E-state index contributed by atoms with van der Waals surface area (Å²) in [5.74, 6) is 1.29. The third-order valence-electron chi connectivity index (χ3n) is 4.74. The highest BCUT2D eigenvalue weighted by molar-refractivity contribution is 5.80. The summed E-state index contributed by atoms with van der Waals surface area (Å²) < 4.78 is 14.1. The number of nitriles is 1. The average Bonchev–Trinajstić information content (AvgIpc) is 2.74. The fraction of sp³-hybridized carbons (Fsp3) is 0.381. The Labute approximate surface area is 165 Å². The van der Waals surface area contributed by atoms with Crippen molar-refractivity contribution in [2.45, 2.75) is 32.4 Å². The molecule has 1 fully saturated rings. The van der Waals surface area contributed by atoms with Gasteiger partial charge in [-0.05, 0) is 44.0 Å². The highest BCUT2D eigenvalue weighted by Crippen LogP contribution is 2.17. The molecule has 0 aliphatic carbocycles. The van der Waals surface area contributed by atoms with Gasteiger partial charge >= 0.3 is 0 Å². The Morgan fingerprint density at radius 2 is 2.14 bits per heavy atom. The van der Waals surface area contributed by atoms with Gasteiger partial charge in [0.15, 0.2) is 5.96 Å². The van der Waals surface area contributed by atoms with Crippen LogP contribution in [0.2, 0.25) is 0 Å². The smallest absolute Gasteiger partial charge is 0.191 e. The maximum absolute atomic E-state index is 14.1. The number of anilines is 1. The first-order chi connectivity index (χ1) is 13.7. The SMILES string of the molecule is CCNC(=NCc1ccc(C#N)cc1F)NC1CCN(c2ccccn2)CC1. The van der Waals surface area contributed by atoms with Crippen molar-refractivity contribution in [1.82, 2.24) is 15.6 Å². The molecule has 1 aromatic heterocycles. The second kappa shape index (κ2) is 9.70. The predicted molar refractivity (Wildman–Crippen MR) is 109 cm³/mol. The fourth-order valence-corrected chi connectivity index (χ4v) is 3.22. The molecule has 2 heterocycles. The maximum Gasteiger partial charge on any atom is 0.191 e. The van der Waals surface area contributed by atoms with Crippen LogP contribution >= 0.6 is 0 Å².